The highest BCUT2D eigenvalue weighted by Gasteiger charge is 2.11. The molecule has 112 valence electrons. The summed E-state index contributed by atoms with van der Waals surface area (Å²) in [6.07, 6.45) is 5.35. The monoisotopic (exact) mass is 288 g/mol. The number of aromatic nitrogens is 2. The highest BCUT2D eigenvalue weighted by atomic mass is 16.3. The van der Waals surface area contributed by atoms with Crippen LogP contribution < -0.4 is 10.2 Å². The maximum absolute atomic E-state index is 12.1. The molecule has 2 heterocycles. The van der Waals surface area contributed by atoms with Gasteiger partial charge in [0.05, 0.1) is 12.8 Å². The van der Waals surface area contributed by atoms with Crippen LogP contribution >= 0.6 is 0 Å². The molecule has 6 nitrogen and oxygen atoms in total. The molecule has 2 aromatic rings. The first-order chi connectivity index (χ1) is 10.2. The number of unbranched alkanes of at least 4 members (excludes halogenated alkanes) is 1. The van der Waals surface area contributed by atoms with Crippen LogP contribution in [0.1, 0.15) is 36.0 Å². The molecule has 1 N–H and O–H groups in total. The lowest BCUT2D eigenvalue weighted by Crippen LogP contribution is -2.26. The van der Waals surface area contributed by atoms with Crippen molar-refractivity contribution in [2.75, 3.05) is 18.5 Å². The third-order valence-corrected chi connectivity index (χ3v) is 3.07. The average molecular weight is 288 g/mol. The van der Waals surface area contributed by atoms with E-state index in [0.29, 0.717) is 23.9 Å². The van der Waals surface area contributed by atoms with Crippen LogP contribution in [0, 0.1) is 0 Å². The van der Waals surface area contributed by atoms with Gasteiger partial charge in [0.15, 0.2) is 0 Å². The Hall–Kier alpha value is -2.37. The minimum atomic E-state index is -0.237. The number of hydrogen-bond donors (Lipinski definition) is 1. The predicted octanol–water partition coefficient (Wildman–Crippen LogP) is 2.24. The molecular weight excluding hydrogens is 268 g/mol. The fourth-order valence-corrected chi connectivity index (χ4v) is 1.83. The zero-order valence-electron chi connectivity index (χ0n) is 12.4. The minimum absolute atomic E-state index is 0.237. The molecule has 0 saturated heterocycles. The van der Waals surface area contributed by atoms with Gasteiger partial charge in [-0.05, 0) is 24.6 Å². The summed E-state index contributed by atoms with van der Waals surface area (Å²) in [5.74, 6) is 1.03. The van der Waals surface area contributed by atoms with Gasteiger partial charge in [-0.25, -0.2) is 9.97 Å². The molecule has 0 bridgehead atoms. The van der Waals surface area contributed by atoms with Crippen LogP contribution in [0.2, 0.25) is 0 Å². The molecule has 0 unspecified atom stereocenters. The highest BCUT2D eigenvalue weighted by Crippen LogP contribution is 2.07. The maximum atomic E-state index is 12.1. The van der Waals surface area contributed by atoms with E-state index in [1.807, 2.05) is 18.0 Å². The van der Waals surface area contributed by atoms with Crippen LogP contribution in [-0.4, -0.2) is 29.5 Å². The lowest BCUT2D eigenvalue weighted by molar-refractivity contribution is 0.0943. The number of rotatable bonds is 7. The summed E-state index contributed by atoms with van der Waals surface area (Å²) in [5.41, 5.74) is 0.356. The van der Waals surface area contributed by atoms with Crippen molar-refractivity contribution < 1.29 is 9.21 Å². The van der Waals surface area contributed by atoms with Gasteiger partial charge in [-0.15, -0.1) is 0 Å². The van der Waals surface area contributed by atoms with Gasteiger partial charge in [0.1, 0.15) is 11.5 Å². The van der Waals surface area contributed by atoms with Crippen LogP contribution in [0.25, 0.3) is 0 Å². The van der Waals surface area contributed by atoms with Crippen molar-refractivity contribution in [2.45, 2.75) is 26.3 Å². The summed E-state index contributed by atoms with van der Waals surface area (Å²) >= 11 is 0. The molecule has 0 aliphatic rings. The summed E-state index contributed by atoms with van der Waals surface area (Å²) in [7, 11) is 1.93. The second-order valence-electron chi connectivity index (χ2n) is 4.78. The minimum Gasteiger partial charge on any atom is -0.467 e. The van der Waals surface area contributed by atoms with E-state index in [1.54, 1.807) is 24.6 Å². The first-order valence-corrected chi connectivity index (χ1v) is 7.05. The average Bonchev–Trinajstić information content (AvgIpc) is 3.03. The summed E-state index contributed by atoms with van der Waals surface area (Å²) in [6.45, 7) is 3.35. The number of hydrogen-bond acceptors (Lipinski definition) is 5. The van der Waals surface area contributed by atoms with Crippen molar-refractivity contribution in [3.05, 3.63) is 42.1 Å². The second-order valence-corrected chi connectivity index (χ2v) is 4.78. The Morgan fingerprint density at radius 3 is 3.00 bits per heavy atom. The molecule has 2 rings (SSSR count). The van der Waals surface area contributed by atoms with Crippen LogP contribution in [0.3, 0.4) is 0 Å². The first kappa shape index (κ1) is 15.0. The van der Waals surface area contributed by atoms with Crippen LogP contribution in [0.4, 0.5) is 5.95 Å². The molecular formula is C15H20N4O2. The maximum Gasteiger partial charge on any atom is 0.270 e. The normalized spacial score (nSPS) is 10.4. The Bertz CT molecular complexity index is 569. The SMILES string of the molecule is CCCCN(C)c1nccc(C(=O)NCc2ccco2)n1. The van der Waals surface area contributed by atoms with E-state index in [-0.39, 0.29) is 5.91 Å². The van der Waals surface area contributed by atoms with Crippen molar-refractivity contribution in [1.29, 1.82) is 0 Å². The number of nitrogens with zero attached hydrogens (tertiary/aromatic N) is 3. The fourth-order valence-electron chi connectivity index (χ4n) is 1.83. The van der Waals surface area contributed by atoms with E-state index < -0.39 is 0 Å². The van der Waals surface area contributed by atoms with Gasteiger partial charge in [0, 0.05) is 19.8 Å². The number of anilines is 1. The Morgan fingerprint density at radius 2 is 2.29 bits per heavy atom. The number of carbonyl (C=O) groups is 1. The summed E-state index contributed by atoms with van der Waals surface area (Å²) in [5, 5.41) is 2.77. The quantitative estimate of drug-likeness (QED) is 0.846. The van der Waals surface area contributed by atoms with Crippen molar-refractivity contribution in [2.24, 2.45) is 0 Å². The Morgan fingerprint density at radius 1 is 1.43 bits per heavy atom. The fraction of sp³-hybridized carbons (Fsp3) is 0.400. The van der Waals surface area contributed by atoms with Gasteiger partial charge < -0.3 is 14.6 Å². The largest absolute Gasteiger partial charge is 0.467 e. The molecule has 0 saturated carbocycles. The van der Waals surface area contributed by atoms with Gasteiger partial charge in [0.25, 0.3) is 5.91 Å². The standard InChI is InChI=1S/C15H20N4O2/c1-3-4-9-19(2)15-16-8-7-13(18-15)14(20)17-11-12-6-5-10-21-12/h5-8,10H,3-4,9,11H2,1-2H3,(H,17,20). The lowest BCUT2D eigenvalue weighted by atomic mass is 10.3. The zero-order valence-corrected chi connectivity index (χ0v) is 12.4. The first-order valence-electron chi connectivity index (χ1n) is 7.05. The lowest BCUT2D eigenvalue weighted by Gasteiger charge is -2.16. The highest BCUT2D eigenvalue weighted by molar-refractivity contribution is 5.92. The van der Waals surface area contributed by atoms with Crippen LogP contribution in [0.5, 0.6) is 0 Å². The molecule has 21 heavy (non-hydrogen) atoms. The molecule has 6 heteroatoms. The van der Waals surface area contributed by atoms with Crippen molar-refractivity contribution in [1.82, 2.24) is 15.3 Å². The van der Waals surface area contributed by atoms with Gasteiger partial charge in [-0.3, -0.25) is 4.79 Å². The molecule has 0 atom stereocenters. The smallest absolute Gasteiger partial charge is 0.270 e. The molecule has 0 radical (unpaired) electrons. The van der Waals surface area contributed by atoms with E-state index in [2.05, 4.69) is 22.2 Å². The molecule has 0 aromatic carbocycles. The molecule has 2 aromatic heterocycles. The Labute approximate surface area is 124 Å². The van der Waals surface area contributed by atoms with Crippen molar-refractivity contribution in [3.63, 3.8) is 0 Å². The third-order valence-electron chi connectivity index (χ3n) is 3.07. The number of furan rings is 1. The van der Waals surface area contributed by atoms with Crippen LogP contribution in [0.15, 0.2) is 35.1 Å². The second kappa shape index (κ2) is 7.42. The molecule has 0 aliphatic carbocycles. The van der Waals surface area contributed by atoms with E-state index in [0.717, 1.165) is 19.4 Å². The summed E-state index contributed by atoms with van der Waals surface area (Å²) in [6, 6.07) is 5.20. The number of carbonyl (C=O) groups excluding carboxylic acids is 1. The third kappa shape index (κ3) is 4.30. The molecule has 0 aliphatic heterocycles. The Kier molecular flexibility index (Phi) is 5.31. The molecule has 1 amide bonds. The van der Waals surface area contributed by atoms with E-state index in [4.69, 9.17) is 4.42 Å². The summed E-state index contributed by atoms with van der Waals surface area (Å²) in [4.78, 5) is 22.5. The predicted molar refractivity (Wildman–Crippen MR) is 80.1 cm³/mol. The van der Waals surface area contributed by atoms with Crippen molar-refractivity contribution >= 4 is 11.9 Å². The topological polar surface area (TPSA) is 71.3 Å². The van der Waals surface area contributed by atoms with E-state index >= 15 is 0 Å². The van der Waals surface area contributed by atoms with Gasteiger partial charge in [-0.1, -0.05) is 13.3 Å². The van der Waals surface area contributed by atoms with Crippen LogP contribution in [-0.2, 0) is 6.54 Å². The molecule has 0 fully saturated rings. The van der Waals surface area contributed by atoms with E-state index in [1.165, 1.54) is 0 Å². The number of amides is 1. The number of nitrogens with one attached hydrogen (secondary N) is 1. The summed E-state index contributed by atoms with van der Waals surface area (Å²) < 4.78 is 5.17. The zero-order chi connectivity index (χ0) is 15.1. The Balaban J connectivity index is 1.97. The van der Waals surface area contributed by atoms with Gasteiger partial charge in [0.2, 0.25) is 5.95 Å². The molecule has 0 spiro atoms. The van der Waals surface area contributed by atoms with Gasteiger partial charge in [-0.2, -0.15) is 0 Å². The van der Waals surface area contributed by atoms with E-state index in [9.17, 15) is 4.79 Å². The van der Waals surface area contributed by atoms with Crippen molar-refractivity contribution in [3.8, 4) is 0 Å². The van der Waals surface area contributed by atoms with Gasteiger partial charge >= 0.3 is 0 Å².